The molecule has 0 saturated carbocycles. The van der Waals surface area contributed by atoms with E-state index in [-0.39, 0.29) is 6.17 Å². The van der Waals surface area contributed by atoms with Crippen molar-refractivity contribution >= 4 is 0 Å². The molecule has 0 bridgehead atoms. The van der Waals surface area contributed by atoms with Crippen molar-refractivity contribution in [2.24, 2.45) is 5.73 Å². The van der Waals surface area contributed by atoms with Crippen molar-refractivity contribution in [1.82, 2.24) is 0 Å². The molecular weight excluding hydrogens is 188 g/mol. The lowest BCUT2D eigenvalue weighted by atomic mass is 10.1. The van der Waals surface area contributed by atoms with Gasteiger partial charge in [0.15, 0.2) is 6.17 Å². The molecule has 0 fully saturated rings. The summed E-state index contributed by atoms with van der Waals surface area (Å²) in [5.74, 6) is 0. The molecule has 15 heavy (non-hydrogen) atoms. The molecule has 0 heterocycles. The number of aliphatic hydroxyl groups excluding tert-OH is 1. The van der Waals surface area contributed by atoms with Crippen LogP contribution in [0.5, 0.6) is 0 Å². The van der Waals surface area contributed by atoms with E-state index in [2.05, 4.69) is 12.1 Å². The van der Waals surface area contributed by atoms with Crippen molar-refractivity contribution in [2.75, 3.05) is 14.1 Å². The summed E-state index contributed by atoms with van der Waals surface area (Å²) in [6.45, 7) is 2.56. The highest BCUT2D eigenvalue weighted by Crippen LogP contribution is 2.13. The second-order valence-corrected chi connectivity index (χ2v) is 4.65. The van der Waals surface area contributed by atoms with Crippen LogP contribution in [0.25, 0.3) is 0 Å². The minimum atomic E-state index is -0.497. The summed E-state index contributed by atoms with van der Waals surface area (Å²) in [5.41, 5.74) is 7.20. The van der Waals surface area contributed by atoms with Crippen molar-refractivity contribution in [3.05, 3.63) is 35.9 Å². The van der Waals surface area contributed by atoms with Crippen LogP contribution in [-0.2, 0) is 6.54 Å². The van der Waals surface area contributed by atoms with Crippen molar-refractivity contribution < 1.29 is 9.59 Å². The monoisotopic (exact) mass is 209 g/mol. The van der Waals surface area contributed by atoms with Gasteiger partial charge in [0.25, 0.3) is 0 Å². The fourth-order valence-electron chi connectivity index (χ4n) is 1.74. The standard InChI is InChI=1S/C12H21N2O/c1-10(15)12(13)14(2,3)9-11-7-5-4-6-8-11/h4-8,10,12,15H,9,13H2,1-3H3/q+1. The van der Waals surface area contributed by atoms with E-state index in [9.17, 15) is 5.11 Å². The highest BCUT2D eigenvalue weighted by molar-refractivity contribution is 5.13. The molecule has 0 aromatic heterocycles. The van der Waals surface area contributed by atoms with Gasteiger partial charge in [0.1, 0.15) is 12.6 Å². The van der Waals surface area contributed by atoms with E-state index in [1.807, 2.05) is 32.3 Å². The van der Waals surface area contributed by atoms with Crippen LogP contribution in [0.4, 0.5) is 0 Å². The molecule has 0 saturated heterocycles. The largest absolute Gasteiger partial charge is 0.386 e. The van der Waals surface area contributed by atoms with Gasteiger partial charge in [-0.15, -0.1) is 0 Å². The van der Waals surface area contributed by atoms with Gasteiger partial charge in [0.2, 0.25) is 0 Å². The second-order valence-electron chi connectivity index (χ2n) is 4.65. The lowest BCUT2D eigenvalue weighted by molar-refractivity contribution is -0.931. The van der Waals surface area contributed by atoms with Crippen LogP contribution in [0.3, 0.4) is 0 Å². The van der Waals surface area contributed by atoms with E-state index in [4.69, 9.17) is 5.73 Å². The topological polar surface area (TPSA) is 46.2 Å². The lowest BCUT2D eigenvalue weighted by Crippen LogP contribution is -2.58. The molecule has 1 aromatic carbocycles. The fraction of sp³-hybridized carbons (Fsp3) is 0.500. The second kappa shape index (κ2) is 4.75. The molecular formula is C12H21N2O+. The number of rotatable bonds is 4. The van der Waals surface area contributed by atoms with E-state index in [0.29, 0.717) is 4.48 Å². The van der Waals surface area contributed by atoms with E-state index in [1.54, 1.807) is 6.92 Å². The molecule has 1 rings (SSSR count). The van der Waals surface area contributed by atoms with E-state index < -0.39 is 6.10 Å². The highest BCUT2D eigenvalue weighted by Gasteiger charge is 2.28. The number of hydrogen-bond acceptors (Lipinski definition) is 2. The van der Waals surface area contributed by atoms with Gasteiger partial charge in [0.05, 0.1) is 14.1 Å². The predicted molar refractivity (Wildman–Crippen MR) is 61.9 cm³/mol. The zero-order chi connectivity index (χ0) is 11.5. The highest BCUT2D eigenvalue weighted by atomic mass is 16.3. The molecule has 0 aliphatic rings. The molecule has 0 radical (unpaired) electrons. The van der Waals surface area contributed by atoms with Gasteiger partial charge in [-0.25, -0.2) is 0 Å². The summed E-state index contributed by atoms with van der Waals surface area (Å²) >= 11 is 0. The predicted octanol–water partition coefficient (Wildman–Crippen LogP) is 0.929. The molecule has 0 aliphatic heterocycles. The van der Waals surface area contributed by atoms with Gasteiger partial charge in [0, 0.05) is 5.56 Å². The maximum absolute atomic E-state index is 9.49. The molecule has 3 nitrogen and oxygen atoms in total. The Bertz CT molecular complexity index is 296. The summed E-state index contributed by atoms with van der Waals surface area (Å²) in [4.78, 5) is 0. The number of nitrogens with two attached hydrogens (primary N) is 1. The first-order valence-electron chi connectivity index (χ1n) is 5.24. The van der Waals surface area contributed by atoms with Crippen molar-refractivity contribution in [3.63, 3.8) is 0 Å². The Balaban J connectivity index is 2.72. The zero-order valence-corrected chi connectivity index (χ0v) is 9.72. The SMILES string of the molecule is CC(O)C(N)[N+](C)(C)Cc1ccccc1. The molecule has 3 N–H and O–H groups in total. The Hall–Kier alpha value is -0.900. The molecule has 2 atom stereocenters. The van der Waals surface area contributed by atoms with Gasteiger partial charge in [-0.3, -0.25) is 5.73 Å². The Kier molecular flexibility index (Phi) is 3.85. The minimum Gasteiger partial charge on any atom is -0.386 e. The fourth-order valence-corrected chi connectivity index (χ4v) is 1.74. The maximum atomic E-state index is 9.49. The Morgan fingerprint density at radius 3 is 2.27 bits per heavy atom. The van der Waals surface area contributed by atoms with Crippen molar-refractivity contribution in [2.45, 2.75) is 25.7 Å². The van der Waals surface area contributed by atoms with Crippen LogP contribution >= 0.6 is 0 Å². The van der Waals surface area contributed by atoms with Gasteiger partial charge in [-0.05, 0) is 6.92 Å². The first-order chi connectivity index (χ1) is 6.93. The summed E-state index contributed by atoms with van der Waals surface area (Å²) < 4.78 is 0.585. The van der Waals surface area contributed by atoms with Gasteiger partial charge < -0.3 is 9.59 Å². The average Bonchev–Trinajstić information content (AvgIpc) is 2.17. The minimum absolute atomic E-state index is 0.259. The third kappa shape index (κ3) is 3.30. The van der Waals surface area contributed by atoms with Crippen LogP contribution in [0, 0.1) is 0 Å². The number of likely N-dealkylation sites (N-methyl/N-ethyl adjacent to an activating group) is 1. The lowest BCUT2D eigenvalue weighted by Gasteiger charge is -2.37. The normalized spacial score (nSPS) is 16.1. The van der Waals surface area contributed by atoms with E-state index >= 15 is 0 Å². The molecule has 2 unspecified atom stereocenters. The number of quaternary nitrogens is 1. The Morgan fingerprint density at radius 1 is 1.27 bits per heavy atom. The number of benzene rings is 1. The van der Waals surface area contributed by atoms with Crippen LogP contribution in [-0.4, -0.2) is 36.0 Å². The van der Waals surface area contributed by atoms with Crippen LogP contribution in [0.1, 0.15) is 12.5 Å². The van der Waals surface area contributed by atoms with Crippen LogP contribution in [0.2, 0.25) is 0 Å². The molecule has 3 heteroatoms. The van der Waals surface area contributed by atoms with E-state index in [1.165, 1.54) is 5.56 Å². The third-order valence-corrected chi connectivity index (χ3v) is 2.73. The molecule has 84 valence electrons. The maximum Gasteiger partial charge on any atom is 0.166 e. The average molecular weight is 209 g/mol. The Labute approximate surface area is 91.7 Å². The first-order valence-corrected chi connectivity index (χ1v) is 5.24. The smallest absolute Gasteiger partial charge is 0.166 e. The molecule has 1 aromatic rings. The van der Waals surface area contributed by atoms with Crippen molar-refractivity contribution in [3.8, 4) is 0 Å². The van der Waals surface area contributed by atoms with E-state index in [0.717, 1.165) is 6.54 Å². The summed E-state index contributed by atoms with van der Waals surface area (Å²) in [6.07, 6.45) is -0.756. The number of nitrogens with zero attached hydrogens (tertiary/aromatic N) is 1. The molecule has 0 amide bonds. The van der Waals surface area contributed by atoms with Gasteiger partial charge in [-0.2, -0.15) is 0 Å². The number of aliphatic hydroxyl groups is 1. The first kappa shape index (κ1) is 12.2. The number of hydrogen-bond donors (Lipinski definition) is 2. The van der Waals surface area contributed by atoms with Crippen LogP contribution in [0.15, 0.2) is 30.3 Å². The quantitative estimate of drug-likeness (QED) is 0.572. The summed E-state index contributed by atoms with van der Waals surface area (Å²) in [5, 5.41) is 9.49. The molecule has 0 spiro atoms. The summed E-state index contributed by atoms with van der Waals surface area (Å²) in [6, 6.07) is 10.2. The Morgan fingerprint density at radius 2 is 1.80 bits per heavy atom. The van der Waals surface area contributed by atoms with Crippen LogP contribution < -0.4 is 5.73 Å². The van der Waals surface area contributed by atoms with Gasteiger partial charge >= 0.3 is 0 Å². The zero-order valence-electron chi connectivity index (χ0n) is 9.72. The summed E-state index contributed by atoms with van der Waals surface area (Å²) in [7, 11) is 4.06. The molecule has 0 aliphatic carbocycles. The third-order valence-electron chi connectivity index (χ3n) is 2.73. The van der Waals surface area contributed by atoms with Gasteiger partial charge in [-0.1, -0.05) is 30.3 Å². The van der Waals surface area contributed by atoms with Crippen molar-refractivity contribution in [1.29, 1.82) is 0 Å².